The maximum atomic E-state index is 5.87. The first-order valence-electron chi connectivity index (χ1n) is 7.22. The van der Waals surface area contributed by atoms with Crippen molar-refractivity contribution < 1.29 is 0 Å². The highest BCUT2D eigenvalue weighted by atomic mass is 15.1. The third-order valence-electron chi connectivity index (χ3n) is 4.02. The number of likely N-dealkylation sites (tertiary alicyclic amines) is 1. The predicted molar refractivity (Wildman–Crippen MR) is 79.2 cm³/mol. The van der Waals surface area contributed by atoms with E-state index in [1.807, 2.05) is 0 Å². The Kier molecular flexibility index (Phi) is 4.96. The first-order chi connectivity index (χ1) is 9.20. The van der Waals surface area contributed by atoms with Gasteiger partial charge in [0.05, 0.1) is 0 Å². The van der Waals surface area contributed by atoms with Crippen LogP contribution in [0.1, 0.15) is 31.7 Å². The van der Waals surface area contributed by atoms with Gasteiger partial charge >= 0.3 is 0 Å². The minimum atomic E-state index is 0.597. The van der Waals surface area contributed by atoms with Crippen LogP contribution in [0.25, 0.3) is 0 Å². The molecule has 19 heavy (non-hydrogen) atoms. The van der Waals surface area contributed by atoms with Gasteiger partial charge in [0.2, 0.25) is 0 Å². The lowest BCUT2D eigenvalue weighted by Gasteiger charge is -2.29. The fourth-order valence-corrected chi connectivity index (χ4v) is 2.67. The van der Waals surface area contributed by atoms with Crippen molar-refractivity contribution in [2.45, 2.75) is 32.6 Å². The molecule has 1 aromatic heterocycles. The van der Waals surface area contributed by atoms with Crippen LogP contribution in [0.5, 0.6) is 0 Å². The molecule has 0 saturated carbocycles. The molecule has 0 aromatic carbocycles. The molecule has 0 bridgehead atoms. The van der Waals surface area contributed by atoms with E-state index in [9.17, 15) is 0 Å². The molecule has 0 aliphatic carbocycles. The molecule has 1 fully saturated rings. The van der Waals surface area contributed by atoms with Crippen LogP contribution in [-0.4, -0.2) is 41.5 Å². The van der Waals surface area contributed by atoms with E-state index in [0.29, 0.717) is 5.82 Å². The lowest BCUT2D eigenvalue weighted by atomic mass is 9.94. The van der Waals surface area contributed by atoms with Gasteiger partial charge in [0.15, 0.2) is 0 Å². The Morgan fingerprint density at radius 3 is 2.79 bits per heavy atom. The van der Waals surface area contributed by atoms with E-state index in [0.717, 1.165) is 30.3 Å². The number of nitrogens with two attached hydrogens (primary N) is 1. The van der Waals surface area contributed by atoms with Crippen molar-refractivity contribution in [1.29, 1.82) is 0 Å². The Hall–Kier alpha value is -1.36. The number of piperidine rings is 1. The molecule has 106 valence electrons. The summed E-state index contributed by atoms with van der Waals surface area (Å²) in [7, 11) is 2.20. The summed E-state index contributed by atoms with van der Waals surface area (Å²) in [6, 6.07) is 0. The van der Waals surface area contributed by atoms with Gasteiger partial charge in [0.25, 0.3) is 0 Å². The number of nitrogen functional groups attached to an aromatic ring is 1. The Balaban J connectivity index is 1.81. The number of aromatic nitrogens is 2. The summed E-state index contributed by atoms with van der Waals surface area (Å²) < 4.78 is 0. The summed E-state index contributed by atoms with van der Waals surface area (Å²) in [4.78, 5) is 10.7. The Morgan fingerprint density at radius 1 is 1.37 bits per heavy atom. The van der Waals surface area contributed by atoms with Crippen LogP contribution in [0.4, 0.5) is 11.6 Å². The zero-order valence-corrected chi connectivity index (χ0v) is 12.0. The first-order valence-corrected chi connectivity index (χ1v) is 7.22. The molecule has 3 N–H and O–H groups in total. The molecule has 1 saturated heterocycles. The van der Waals surface area contributed by atoms with E-state index < -0.39 is 0 Å². The van der Waals surface area contributed by atoms with Crippen LogP contribution in [-0.2, 0) is 6.42 Å². The standard InChI is InChI=1S/C14H25N5/c1-3-12-13(15)17-10-18-14(12)16-7-4-11-5-8-19(2)9-6-11/h10-11H,3-9H2,1-2H3,(H3,15,16,17,18). The SMILES string of the molecule is CCc1c(N)ncnc1NCCC1CCN(C)CC1. The monoisotopic (exact) mass is 263 g/mol. The van der Waals surface area contributed by atoms with Gasteiger partial charge in [0.1, 0.15) is 18.0 Å². The van der Waals surface area contributed by atoms with Crippen LogP contribution in [0.2, 0.25) is 0 Å². The van der Waals surface area contributed by atoms with E-state index in [-0.39, 0.29) is 0 Å². The summed E-state index contributed by atoms with van der Waals surface area (Å²) in [6.45, 7) is 5.51. The maximum Gasteiger partial charge on any atom is 0.134 e. The van der Waals surface area contributed by atoms with E-state index in [4.69, 9.17) is 5.73 Å². The van der Waals surface area contributed by atoms with Crippen molar-refractivity contribution in [3.63, 3.8) is 0 Å². The fourth-order valence-electron chi connectivity index (χ4n) is 2.67. The van der Waals surface area contributed by atoms with Crippen molar-refractivity contribution in [2.24, 2.45) is 5.92 Å². The molecule has 0 unspecified atom stereocenters. The Labute approximate surface area is 115 Å². The lowest BCUT2D eigenvalue weighted by molar-refractivity contribution is 0.215. The molecule has 2 rings (SSSR count). The summed E-state index contributed by atoms with van der Waals surface area (Å²) in [6.07, 6.45) is 6.23. The minimum absolute atomic E-state index is 0.597. The molecule has 0 amide bonds. The smallest absolute Gasteiger partial charge is 0.134 e. The number of nitrogens with zero attached hydrogens (tertiary/aromatic N) is 3. The highest BCUT2D eigenvalue weighted by Crippen LogP contribution is 2.21. The molecule has 0 radical (unpaired) electrons. The second-order valence-electron chi connectivity index (χ2n) is 5.40. The number of anilines is 2. The van der Waals surface area contributed by atoms with Gasteiger partial charge in [-0.15, -0.1) is 0 Å². The van der Waals surface area contributed by atoms with Gasteiger partial charge in [-0.05, 0) is 51.7 Å². The van der Waals surface area contributed by atoms with Gasteiger partial charge in [-0.2, -0.15) is 0 Å². The van der Waals surface area contributed by atoms with Crippen LogP contribution in [0.15, 0.2) is 6.33 Å². The van der Waals surface area contributed by atoms with Crippen molar-refractivity contribution in [2.75, 3.05) is 37.7 Å². The second-order valence-corrected chi connectivity index (χ2v) is 5.40. The molecule has 1 aliphatic rings. The van der Waals surface area contributed by atoms with Crippen LogP contribution in [0.3, 0.4) is 0 Å². The second kappa shape index (κ2) is 6.70. The number of nitrogens with one attached hydrogen (secondary N) is 1. The molecule has 1 aromatic rings. The molecule has 2 heterocycles. The highest BCUT2D eigenvalue weighted by Gasteiger charge is 2.16. The average molecular weight is 263 g/mol. The molecular weight excluding hydrogens is 238 g/mol. The largest absolute Gasteiger partial charge is 0.383 e. The molecule has 5 heteroatoms. The third kappa shape index (κ3) is 3.80. The molecule has 0 spiro atoms. The zero-order valence-electron chi connectivity index (χ0n) is 12.0. The lowest BCUT2D eigenvalue weighted by Crippen LogP contribution is -2.30. The highest BCUT2D eigenvalue weighted by molar-refractivity contribution is 5.54. The van der Waals surface area contributed by atoms with Crippen LogP contribution < -0.4 is 11.1 Å². The molecule has 1 aliphatic heterocycles. The quantitative estimate of drug-likeness (QED) is 0.847. The van der Waals surface area contributed by atoms with Crippen LogP contribution in [0, 0.1) is 5.92 Å². The van der Waals surface area contributed by atoms with Gasteiger partial charge in [0, 0.05) is 12.1 Å². The first kappa shape index (κ1) is 14.1. The van der Waals surface area contributed by atoms with Crippen molar-refractivity contribution in [3.8, 4) is 0 Å². The van der Waals surface area contributed by atoms with Gasteiger partial charge < -0.3 is 16.0 Å². The van der Waals surface area contributed by atoms with Crippen molar-refractivity contribution in [1.82, 2.24) is 14.9 Å². The van der Waals surface area contributed by atoms with Crippen LogP contribution >= 0.6 is 0 Å². The number of hydrogen-bond donors (Lipinski definition) is 2. The Morgan fingerprint density at radius 2 is 2.11 bits per heavy atom. The topological polar surface area (TPSA) is 67.1 Å². The molecule has 0 atom stereocenters. The summed E-state index contributed by atoms with van der Waals surface area (Å²) in [5.41, 5.74) is 6.90. The number of hydrogen-bond acceptors (Lipinski definition) is 5. The third-order valence-corrected chi connectivity index (χ3v) is 4.02. The zero-order chi connectivity index (χ0) is 13.7. The maximum absolute atomic E-state index is 5.87. The van der Waals surface area contributed by atoms with E-state index in [1.165, 1.54) is 38.7 Å². The van der Waals surface area contributed by atoms with Gasteiger partial charge in [-0.3, -0.25) is 0 Å². The molecular formula is C14H25N5. The summed E-state index contributed by atoms with van der Waals surface area (Å²) in [5, 5.41) is 3.42. The summed E-state index contributed by atoms with van der Waals surface area (Å²) in [5.74, 6) is 2.34. The number of rotatable bonds is 5. The fraction of sp³-hybridized carbons (Fsp3) is 0.714. The van der Waals surface area contributed by atoms with Crippen molar-refractivity contribution in [3.05, 3.63) is 11.9 Å². The molecule has 5 nitrogen and oxygen atoms in total. The van der Waals surface area contributed by atoms with Gasteiger partial charge in [-0.25, -0.2) is 9.97 Å². The van der Waals surface area contributed by atoms with Crippen molar-refractivity contribution >= 4 is 11.6 Å². The van der Waals surface area contributed by atoms with E-state index in [1.54, 1.807) is 0 Å². The normalized spacial score (nSPS) is 17.6. The van der Waals surface area contributed by atoms with E-state index in [2.05, 4.69) is 34.2 Å². The Bertz CT molecular complexity index is 399. The van der Waals surface area contributed by atoms with E-state index >= 15 is 0 Å². The predicted octanol–water partition coefficient (Wildman–Crippen LogP) is 1.77. The van der Waals surface area contributed by atoms with Gasteiger partial charge in [-0.1, -0.05) is 6.92 Å². The minimum Gasteiger partial charge on any atom is -0.383 e. The average Bonchev–Trinajstić information content (AvgIpc) is 2.41. The summed E-state index contributed by atoms with van der Waals surface area (Å²) >= 11 is 0.